The highest BCUT2D eigenvalue weighted by atomic mass is 16.5. The summed E-state index contributed by atoms with van der Waals surface area (Å²) >= 11 is 0. The van der Waals surface area contributed by atoms with E-state index in [0.29, 0.717) is 46.0 Å². The molecule has 1 aliphatic carbocycles. The van der Waals surface area contributed by atoms with Gasteiger partial charge in [0.05, 0.1) is 33.0 Å². The van der Waals surface area contributed by atoms with Crippen LogP contribution in [0.1, 0.15) is 50.2 Å². The number of carbonyl (C=O) groups is 3. The minimum atomic E-state index is -1.07. The Labute approximate surface area is 222 Å². The summed E-state index contributed by atoms with van der Waals surface area (Å²) in [6.45, 7) is 5.58. The number of hydrogen-bond acceptors (Lipinski definition) is 8. The number of dihydropyridines is 1. The maximum atomic E-state index is 14.3. The second-order valence-corrected chi connectivity index (χ2v) is 9.16. The summed E-state index contributed by atoms with van der Waals surface area (Å²) in [5.41, 5.74) is 3.49. The fourth-order valence-electron chi connectivity index (χ4n) is 5.34. The van der Waals surface area contributed by atoms with E-state index < -0.39 is 29.7 Å². The van der Waals surface area contributed by atoms with Gasteiger partial charge in [-0.1, -0.05) is 24.3 Å². The quantitative estimate of drug-likeness (QED) is 0.404. The SMILES string of the molecule is CCOC(=O)C1=C(C)NC2=C(C(=O)[C@H](C(=O)OCC)[C@@H](c3ccc(OC)cc3)C2)[C@@H]1c1cccc(OC)c1. The van der Waals surface area contributed by atoms with E-state index in [2.05, 4.69) is 5.32 Å². The van der Waals surface area contributed by atoms with Crippen LogP contribution in [0.2, 0.25) is 0 Å². The maximum absolute atomic E-state index is 14.3. The molecule has 38 heavy (non-hydrogen) atoms. The maximum Gasteiger partial charge on any atom is 0.336 e. The summed E-state index contributed by atoms with van der Waals surface area (Å²) < 4.78 is 21.5. The van der Waals surface area contributed by atoms with Crippen molar-refractivity contribution in [2.75, 3.05) is 27.4 Å². The number of benzene rings is 2. The molecule has 1 aliphatic heterocycles. The molecule has 0 radical (unpaired) electrons. The average molecular weight is 520 g/mol. The molecule has 0 unspecified atom stereocenters. The number of allylic oxidation sites excluding steroid dienone is 3. The second kappa shape index (κ2) is 11.5. The molecule has 2 aromatic rings. The van der Waals surface area contributed by atoms with Crippen molar-refractivity contribution in [3.63, 3.8) is 0 Å². The molecular formula is C30H33NO7. The summed E-state index contributed by atoms with van der Waals surface area (Å²) in [5.74, 6) is -2.48. The van der Waals surface area contributed by atoms with Gasteiger partial charge in [0, 0.05) is 28.8 Å². The third-order valence-corrected chi connectivity index (χ3v) is 7.03. The summed E-state index contributed by atoms with van der Waals surface area (Å²) in [6.07, 6.45) is 0.380. The smallest absolute Gasteiger partial charge is 0.336 e. The van der Waals surface area contributed by atoms with E-state index in [1.165, 1.54) is 0 Å². The van der Waals surface area contributed by atoms with Gasteiger partial charge < -0.3 is 24.3 Å². The van der Waals surface area contributed by atoms with Gasteiger partial charge in [0.15, 0.2) is 5.78 Å². The molecule has 0 saturated carbocycles. The number of carbonyl (C=O) groups excluding carboxylic acids is 3. The number of esters is 2. The Hall–Kier alpha value is -4.07. The van der Waals surface area contributed by atoms with Crippen molar-refractivity contribution < 1.29 is 33.3 Å². The van der Waals surface area contributed by atoms with Gasteiger partial charge in [0.25, 0.3) is 0 Å². The van der Waals surface area contributed by atoms with Gasteiger partial charge in [-0.05, 0) is 62.6 Å². The molecule has 0 fully saturated rings. The fraction of sp³-hybridized carbons (Fsp3) is 0.367. The number of hydrogen-bond donors (Lipinski definition) is 1. The molecule has 2 aromatic carbocycles. The van der Waals surface area contributed by atoms with Crippen molar-refractivity contribution in [3.05, 3.63) is 82.2 Å². The normalized spacial score (nSPS) is 20.9. The van der Waals surface area contributed by atoms with Gasteiger partial charge in [0.1, 0.15) is 17.4 Å². The van der Waals surface area contributed by atoms with E-state index in [-0.39, 0.29) is 19.0 Å². The van der Waals surface area contributed by atoms with Crippen LogP contribution >= 0.6 is 0 Å². The van der Waals surface area contributed by atoms with Crippen molar-refractivity contribution in [2.45, 2.75) is 39.0 Å². The molecule has 1 N–H and O–H groups in total. The third-order valence-electron chi connectivity index (χ3n) is 7.03. The molecular weight excluding hydrogens is 486 g/mol. The summed E-state index contributed by atoms with van der Waals surface area (Å²) in [5, 5.41) is 3.31. The molecule has 0 amide bonds. The number of ketones is 1. The predicted molar refractivity (Wildman–Crippen MR) is 141 cm³/mol. The lowest BCUT2D eigenvalue weighted by Gasteiger charge is -2.39. The van der Waals surface area contributed by atoms with Crippen molar-refractivity contribution in [1.82, 2.24) is 5.32 Å². The van der Waals surface area contributed by atoms with Crippen LogP contribution in [0, 0.1) is 5.92 Å². The molecule has 1 heterocycles. The Morgan fingerprint density at radius 2 is 1.61 bits per heavy atom. The lowest BCUT2D eigenvalue weighted by atomic mass is 9.67. The summed E-state index contributed by atoms with van der Waals surface area (Å²) in [7, 11) is 3.14. The third kappa shape index (κ3) is 5.03. The molecule has 0 saturated heterocycles. The highest BCUT2D eigenvalue weighted by molar-refractivity contribution is 6.13. The molecule has 4 rings (SSSR count). The molecule has 2 aliphatic rings. The Bertz CT molecular complexity index is 1290. The van der Waals surface area contributed by atoms with Gasteiger partial charge in [-0.3, -0.25) is 9.59 Å². The highest BCUT2D eigenvalue weighted by Gasteiger charge is 2.49. The van der Waals surface area contributed by atoms with Crippen molar-refractivity contribution in [3.8, 4) is 11.5 Å². The van der Waals surface area contributed by atoms with Gasteiger partial charge >= 0.3 is 11.9 Å². The first-order chi connectivity index (χ1) is 18.3. The molecule has 8 heteroatoms. The summed E-state index contributed by atoms with van der Waals surface area (Å²) in [4.78, 5) is 40.8. The van der Waals surface area contributed by atoms with Crippen LogP contribution in [0.3, 0.4) is 0 Å². The van der Waals surface area contributed by atoms with Crippen LogP contribution in [0.5, 0.6) is 11.5 Å². The van der Waals surface area contributed by atoms with E-state index in [4.69, 9.17) is 18.9 Å². The lowest BCUT2D eigenvalue weighted by molar-refractivity contribution is -0.152. The van der Waals surface area contributed by atoms with E-state index >= 15 is 0 Å². The zero-order valence-electron chi connectivity index (χ0n) is 22.3. The van der Waals surface area contributed by atoms with Crippen LogP contribution in [0.4, 0.5) is 0 Å². The monoisotopic (exact) mass is 519 g/mol. The van der Waals surface area contributed by atoms with Crippen LogP contribution < -0.4 is 14.8 Å². The minimum Gasteiger partial charge on any atom is -0.497 e. The fourth-order valence-corrected chi connectivity index (χ4v) is 5.34. The summed E-state index contributed by atoms with van der Waals surface area (Å²) in [6, 6.07) is 14.6. The molecule has 0 aromatic heterocycles. The lowest BCUT2D eigenvalue weighted by Crippen LogP contribution is -2.43. The Morgan fingerprint density at radius 1 is 0.921 bits per heavy atom. The number of Topliss-reactive ketones (excluding diaryl/α,β-unsaturated/α-hetero) is 1. The van der Waals surface area contributed by atoms with Crippen LogP contribution in [0.15, 0.2) is 71.1 Å². The topological polar surface area (TPSA) is 100 Å². The number of nitrogens with one attached hydrogen (secondary N) is 1. The van der Waals surface area contributed by atoms with Gasteiger partial charge in [-0.2, -0.15) is 0 Å². The van der Waals surface area contributed by atoms with Gasteiger partial charge in [-0.25, -0.2) is 4.79 Å². The largest absolute Gasteiger partial charge is 0.497 e. The van der Waals surface area contributed by atoms with E-state index in [9.17, 15) is 14.4 Å². The first kappa shape index (κ1) is 27.0. The first-order valence-corrected chi connectivity index (χ1v) is 12.7. The average Bonchev–Trinajstić information content (AvgIpc) is 2.92. The Balaban J connectivity index is 1.89. The number of methoxy groups -OCH3 is 2. The zero-order chi connectivity index (χ0) is 27.4. The number of rotatable bonds is 8. The van der Waals surface area contributed by atoms with Crippen molar-refractivity contribution in [2.24, 2.45) is 5.92 Å². The predicted octanol–water partition coefficient (Wildman–Crippen LogP) is 4.42. The highest BCUT2D eigenvalue weighted by Crippen LogP contribution is 2.48. The second-order valence-electron chi connectivity index (χ2n) is 9.16. The standard InChI is InChI=1S/C30H33NO7/c1-6-37-29(33)24-17(3)31-23-16-22(18-11-13-20(35-4)14-12-18)26(30(34)38-7-2)28(32)27(23)25(24)19-9-8-10-21(15-19)36-5/h8-15,22,25-26,31H,6-7,16H2,1-5H3/t22-,25-,26-/m1/s1. The van der Waals surface area contributed by atoms with Gasteiger partial charge in [0.2, 0.25) is 0 Å². The van der Waals surface area contributed by atoms with Crippen LogP contribution in [0.25, 0.3) is 0 Å². The number of ether oxygens (including phenoxy) is 4. The van der Waals surface area contributed by atoms with Crippen LogP contribution in [-0.4, -0.2) is 45.2 Å². The van der Waals surface area contributed by atoms with Gasteiger partial charge in [-0.15, -0.1) is 0 Å². The van der Waals surface area contributed by atoms with Crippen molar-refractivity contribution >= 4 is 17.7 Å². The molecule has 3 atom stereocenters. The van der Waals surface area contributed by atoms with Crippen molar-refractivity contribution in [1.29, 1.82) is 0 Å². The molecule has 0 spiro atoms. The van der Waals surface area contributed by atoms with E-state index in [0.717, 1.165) is 5.56 Å². The molecule has 0 bridgehead atoms. The minimum absolute atomic E-state index is 0.147. The Kier molecular flexibility index (Phi) is 8.20. The molecule has 200 valence electrons. The van der Waals surface area contributed by atoms with Crippen LogP contribution in [-0.2, 0) is 23.9 Å². The van der Waals surface area contributed by atoms with E-state index in [1.807, 2.05) is 36.4 Å². The Morgan fingerprint density at radius 3 is 2.24 bits per heavy atom. The molecule has 8 nitrogen and oxygen atoms in total. The first-order valence-electron chi connectivity index (χ1n) is 12.7. The zero-order valence-corrected chi connectivity index (χ0v) is 22.3. The van der Waals surface area contributed by atoms with E-state index in [1.54, 1.807) is 47.1 Å².